The molecule has 0 aliphatic carbocycles. The molecule has 0 rings (SSSR count). The standard InChI is InChI=1S/2C3H7N/c2*1-3-4-2/h2*3H,1-2H3. The van der Waals surface area contributed by atoms with Crippen LogP contribution in [0.2, 0.25) is 0 Å². The van der Waals surface area contributed by atoms with Crippen molar-refractivity contribution in [2.75, 3.05) is 14.1 Å². The normalized spacial score (nSPS) is 9.50. The molecule has 0 bridgehead atoms. The molecule has 48 valence electrons. The highest BCUT2D eigenvalue weighted by molar-refractivity contribution is 5.52. The largest absolute Gasteiger partial charge is 0.301 e. The Kier molecular flexibility index (Phi) is 21.0. The molecule has 0 aromatic carbocycles. The zero-order chi connectivity index (χ0) is 6.83. The minimum absolute atomic E-state index is 1.75. The molecule has 0 atom stereocenters. The summed E-state index contributed by atoms with van der Waals surface area (Å²) in [5.74, 6) is 0. The predicted octanol–water partition coefficient (Wildman–Crippen LogP) is 1.41. The molecule has 0 amide bonds. The Morgan fingerprint density at radius 3 is 1.00 bits per heavy atom. The fourth-order valence-electron chi connectivity index (χ4n) is 0. The second-order valence-corrected chi connectivity index (χ2v) is 1.03. The van der Waals surface area contributed by atoms with Gasteiger partial charge in [-0.05, 0) is 26.3 Å². The van der Waals surface area contributed by atoms with Crippen LogP contribution in [0.1, 0.15) is 13.8 Å². The van der Waals surface area contributed by atoms with Crippen molar-refractivity contribution in [3.63, 3.8) is 0 Å². The molecule has 0 saturated heterocycles. The molecule has 0 unspecified atom stereocenters. The van der Waals surface area contributed by atoms with Gasteiger partial charge in [-0.2, -0.15) is 0 Å². The van der Waals surface area contributed by atoms with Crippen molar-refractivity contribution in [2.24, 2.45) is 9.98 Å². The van der Waals surface area contributed by atoms with E-state index >= 15 is 0 Å². The lowest BCUT2D eigenvalue weighted by molar-refractivity contribution is 1.46. The molecular weight excluding hydrogens is 100 g/mol. The maximum atomic E-state index is 3.61. The molecule has 0 fully saturated rings. The third-order valence-corrected chi connectivity index (χ3v) is 0.516. The number of hydrogen-bond acceptors (Lipinski definition) is 2. The van der Waals surface area contributed by atoms with Gasteiger partial charge in [-0.25, -0.2) is 0 Å². The summed E-state index contributed by atoms with van der Waals surface area (Å²) in [5.41, 5.74) is 0. The summed E-state index contributed by atoms with van der Waals surface area (Å²) < 4.78 is 0. The molecule has 0 aliphatic heterocycles. The number of hydrogen-bond donors (Lipinski definition) is 0. The molecule has 2 heteroatoms. The second kappa shape index (κ2) is 16.2. The first kappa shape index (κ1) is 10.3. The summed E-state index contributed by atoms with van der Waals surface area (Å²) in [4.78, 5) is 7.22. The smallest absolute Gasteiger partial charge is 0.0273 e. The molecule has 8 heavy (non-hydrogen) atoms. The van der Waals surface area contributed by atoms with Gasteiger partial charge in [0.05, 0.1) is 0 Å². The van der Waals surface area contributed by atoms with Crippen LogP contribution in [0.4, 0.5) is 0 Å². The van der Waals surface area contributed by atoms with Gasteiger partial charge in [0.2, 0.25) is 0 Å². The highest BCUT2D eigenvalue weighted by Gasteiger charge is 1.33. The van der Waals surface area contributed by atoms with E-state index in [4.69, 9.17) is 0 Å². The van der Waals surface area contributed by atoms with E-state index in [9.17, 15) is 0 Å². The van der Waals surface area contributed by atoms with Gasteiger partial charge in [-0.1, -0.05) is 0 Å². The Morgan fingerprint density at radius 1 is 0.875 bits per heavy atom. The highest BCUT2D eigenvalue weighted by atomic mass is 14.6. The van der Waals surface area contributed by atoms with Crippen LogP contribution in [0.15, 0.2) is 9.98 Å². The van der Waals surface area contributed by atoms with Crippen molar-refractivity contribution < 1.29 is 0 Å². The first-order chi connectivity index (χ1) is 3.83. The van der Waals surface area contributed by atoms with E-state index in [-0.39, 0.29) is 0 Å². The summed E-state index contributed by atoms with van der Waals surface area (Å²) in [6.45, 7) is 3.78. The Labute approximate surface area is 51.4 Å². The van der Waals surface area contributed by atoms with Crippen LogP contribution in [0.5, 0.6) is 0 Å². The van der Waals surface area contributed by atoms with Crippen LogP contribution >= 0.6 is 0 Å². The molecule has 0 aliphatic rings. The maximum absolute atomic E-state index is 3.61. The van der Waals surface area contributed by atoms with E-state index in [2.05, 4.69) is 9.98 Å². The molecular formula is C6H14N2. The van der Waals surface area contributed by atoms with Gasteiger partial charge in [0.25, 0.3) is 0 Å². The third-order valence-electron chi connectivity index (χ3n) is 0.516. The lowest BCUT2D eigenvalue weighted by Gasteiger charge is -1.53. The van der Waals surface area contributed by atoms with Crippen molar-refractivity contribution in [1.29, 1.82) is 0 Å². The van der Waals surface area contributed by atoms with E-state index in [1.165, 1.54) is 0 Å². The number of nitrogens with zero attached hydrogens (tertiary/aromatic N) is 2. The summed E-state index contributed by atoms with van der Waals surface area (Å²) in [6.07, 6.45) is 3.50. The summed E-state index contributed by atoms with van der Waals surface area (Å²) in [5, 5.41) is 0. The average molecular weight is 114 g/mol. The SMILES string of the molecule is CC=NC.CC=NC. The Balaban J connectivity index is 0. The topological polar surface area (TPSA) is 24.7 Å². The molecule has 0 aromatic heterocycles. The zero-order valence-electron chi connectivity index (χ0n) is 6.05. The van der Waals surface area contributed by atoms with E-state index in [0.29, 0.717) is 0 Å². The first-order valence-electron chi connectivity index (χ1n) is 2.57. The molecule has 0 radical (unpaired) electrons. The van der Waals surface area contributed by atoms with Gasteiger partial charge in [0, 0.05) is 14.1 Å². The number of aliphatic imine (C=N–C) groups is 2. The zero-order valence-corrected chi connectivity index (χ0v) is 6.05. The van der Waals surface area contributed by atoms with Crippen molar-refractivity contribution in [3.8, 4) is 0 Å². The van der Waals surface area contributed by atoms with Crippen LogP contribution in [-0.4, -0.2) is 26.5 Å². The van der Waals surface area contributed by atoms with E-state index in [1.54, 1.807) is 26.5 Å². The quantitative estimate of drug-likeness (QED) is 0.425. The summed E-state index contributed by atoms with van der Waals surface area (Å²) >= 11 is 0. The molecule has 0 saturated carbocycles. The van der Waals surface area contributed by atoms with Crippen LogP contribution < -0.4 is 0 Å². The van der Waals surface area contributed by atoms with Crippen molar-refractivity contribution in [3.05, 3.63) is 0 Å². The highest BCUT2D eigenvalue weighted by Crippen LogP contribution is 1.39. The monoisotopic (exact) mass is 114 g/mol. The van der Waals surface area contributed by atoms with E-state index in [0.717, 1.165) is 0 Å². The van der Waals surface area contributed by atoms with Gasteiger partial charge < -0.3 is 9.98 Å². The van der Waals surface area contributed by atoms with Gasteiger partial charge in [-0.15, -0.1) is 0 Å². The molecule has 0 N–H and O–H groups in total. The fourth-order valence-corrected chi connectivity index (χ4v) is 0. The van der Waals surface area contributed by atoms with Gasteiger partial charge in [-0.3, -0.25) is 0 Å². The van der Waals surface area contributed by atoms with Crippen molar-refractivity contribution >= 4 is 12.4 Å². The second-order valence-electron chi connectivity index (χ2n) is 1.03. The van der Waals surface area contributed by atoms with Crippen LogP contribution in [0.25, 0.3) is 0 Å². The first-order valence-corrected chi connectivity index (χ1v) is 2.57. The molecule has 0 aromatic rings. The lowest BCUT2D eigenvalue weighted by Crippen LogP contribution is -1.47. The van der Waals surface area contributed by atoms with Crippen LogP contribution in [-0.2, 0) is 0 Å². The summed E-state index contributed by atoms with van der Waals surface area (Å²) in [6, 6.07) is 0. The third kappa shape index (κ3) is 56.0. The average Bonchev–Trinajstić information content (AvgIpc) is 1.88. The molecule has 0 spiro atoms. The predicted molar refractivity (Wildman–Crippen MR) is 40.2 cm³/mol. The van der Waals surface area contributed by atoms with Crippen LogP contribution in [0, 0.1) is 0 Å². The Hall–Kier alpha value is -0.660. The summed E-state index contributed by atoms with van der Waals surface area (Å²) in [7, 11) is 3.50. The number of rotatable bonds is 0. The van der Waals surface area contributed by atoms with E-state index < -0.39 is 0 Å². The molecule has 2 nitrogen and oxygen atoms in total. The fraction of sp³-hybridized carbons (Fsp3) is 0.667. The molecule has 0 heterocycles. The van der Waals surface area contributed by atoms with Gasteiger partial charge >= 0.3 is 0 Å². The minimum atomic E-state index is 1.75. The van der Waals surface area contributed by atoms with Crippen LogP contribution in [0.3, 0.4) is 0 Å². The van der Waals surface area contributed by atoms with Gasteiger partial charge in [0.15, 0.2) is 0 Å². The minimum Gasteiger partial charge on any atom is -0.301 e. The Bertz CT molecular complexity index is 46.9. The lowest BCUT2D eigenvalue weighted by atomic mass is 10.9. The Morgan fingerprint density at radius 2 is 1.00 bits per heavy atom. The maximum Gasteiger partial charge on any atom is 0.0273 e. The van der Waals surface area contributed by atoms with Crippen molar-refractivity contribution in [1.82, 2.24) is 0 Å². The van der Waals surface area contributed by atoms with E-state index in [1.807, 2.05) is 13.8 Å². The van der Waals surface area contributed by atoms with Gasteiger partial charge in [0.1, 0.15) is 0 Å². The van der Waals surface area contributed by atoms with Crippen molar-refractivity contribution in [2.45, 2.75) is 13.8 Å².